The first-order valence-corrected chi connectivity index (χ1v) is 4.16. The summed E-state index contributed by atoms with van der Waals surface area (Å²) in [6, 6.07) is 0.547. The largest absolute Gasteiger partial charge is 0.314 e. The summed E-state index contributed by atoms with van der Waals surface area (Å²) < 4.78 is 0. The van der Waals surface area contributed by atoms with Gasteiger partial charge in [-0.1, -0.05) is 25.3 Å². The molecule has 0 aromatic rings. The average Bonchev–Trinajstić information content (AvgIpc) is 1.87. The molecule has 1 aliphatic rings. The summed E-state index contributed by atoms with van der Waals surface area (Å²) in [5, 5.41) is 3.23. The van der Waals surface area contributed by atoms with Gasteiger partial charge in [-0.3, -0.25) is 0 Å². The molecule has 1 N–H and O–H groups in total. The Hall–Kier alpha value is -0.300. The van der Waals surface area contributed by atoms with Gasteiger partial charge in [0.2, 0.25) is 0 Å². The molecule has 0 heterocycles. The lowest BCUT2D eigenvalue weighted by Crippen LogP contribution is -2.27. The van der Waals surface area contributed by atoms with E-state index < -0.39 is 0 Å². The summed E-state index contributed by atoms with van der Waals surface area (Å²) in [4.78, 5) is 0. The smallest absolute Gasteiger partial charge is 0.0247 e. The molecule has 1 nitrogen and oxygen atoms in total. The highest BCUT2D eigenvalue weighted by atomic mass is 14.9. The quantitative estimate of drug-likeness (QED) is 0.587. The van der Waals surface area contributed by atoms with Crippen molar-refractivity contribution < 1.29 is 0 Å². The standard InChI is InChI=1S/C9H17N/c1-3-9(10-2)7-8-5-4-6-8/h3,8-10H,1,4-7H2,2H3/t9-/m1/s1. The van der Waals surface area contributed by atoms with Gasteiger partial charge in [-0.25, -0.2) is 0 Å². The van der Waals surface area contributed by atoms with Gasteiger partial charge in [0.25, 0.3) is 0 Å². The molecule has 0 radical (unpaired) electrons. The lowest BCUT2D eigenvalue weighted by molar-refractivity contribution is 0.278. The number of likely N-dealkylation sites (N-methyl/N-ethyl adjacent to an activating group) is 1. The lowest BCUT2D eigenvalue weighted by atomic mass is 9.81. The maximum absolute atomic E-state index is 3.78. The fourth-order valence-electron chi connectivity index (χ4n) is 1.42. The number of hydrogen-bond donors (Lipinski definition) is 1. The molecule has 1 fully saturated rings. The van der Waals surface area contributed by atoms with E-state index in [4.69, 9.17) is 0 Å². The molecule has 1 rings (SSSR count). The van der Waals surface area contributed by atoms with E-state index in [2.05, 4.69) is 11.9 Å². The minimum absolute atomic E-state index is 0.547. The van der Waals surface area contributed by atoms with E-state index in [0.717, 1.165) is 5.92 Å². The van der Waals surface area contributed by atoms with Crippen LogP contribution >= 0.6 is 0 Å². The number of hydrogen-bond acceptors (Lipinski definition) is 1. The summed E-state index contributed by atoms with van der Waals surface area (Å²) in [5.41, 5.74) is 0. The highest BCUT2D eigenvalue weighted by molar-refractivity contribution is 4.88. The maximum atomic E-state index is 3.78. The van der Waals surface area contributed by atoms with Gasteiger partial charge in [0.15, 0.2) is 0 Å². The van der Waals surface area contributed by atoms with Gasteiger partial charge >= 0.3 is 0 Å². The molecule has 0 saturated heterocycles. The zero-order chi connectivity index (χ0) is 7.40. The van der Waals surface area contributed by atoms with Crippen molar-refractivity contribution >= 4 is 0 Å². The molecule has 0 spiro atoms. The van der Waals surface area contributed by atoms with Crippen LogP contribution in [0.1, 0.15) is 25.7 Å². The molecule has 58 valence electrons. The van der Waals surface area contributed by atoms with Gasteiger partial charge < -0.3 is 5.32 Å². The summed E-state index contributed by atoms with van der Waals surface area (Å²) in [7, 11) is 2.00. The van der Waals surface area contributed by atoms with Crippen LogP contribution in [0.15, 0.2) is 12.7 Å². The molecular weight excluding hydrogens is 122 g/mol. The fourth-order valence-corrected chi connectivity index (χ4v) is 1.42. The Balaban J connectivity index is 2.13. The molecule has 1 saturated carbocycles. The van der Waals surface area contributed by atoms with Crippen LogP contribution in [0.5, 0.6) is 0 Å². The van der Waals surface area contributed by atoms with E-state index in [9.17, 15) is 0 Å². The van der Waals surface area contributed by atoms with Crippen LogP contribution < -0.4 is 5.32 Å². The molecule has 0 unspecified atom stereocenters. The van der Waals surface area contributed by atoms with E-state index in [1.54, 1.807) is 0 Å². The fraction of sp³-hybridized carbons (Fsp3) is 0.778. The molecule has 0 aliphatic heterocycles. The third kappa shape index (κ3) is 1.84. The van der Waals surface area contributed by atoms with E-state index in [0.29, 0.717) is 6.04 Å². The van der Waals surface area contributed by atoms with Crippen molar-refractivity contribution in [1.82, 2.24) is 5.32 Å². The lowest BCUT2D eigenvalue weighted by Gasteiger charge is -2.28. The van der Waals surface area contributed by atoms with Crippen molar-refractivity contribution in [1.29, 1.82) is 0 Å². The SMILES string of the molecule is C=C[C@H](CC1CCC1)NC. The third-order valence-electron chi connectivity index (χ3n) is 2.47. The van der Waals surface area contributed by atoms with Crippen LogP contribution in [0, 0.1) is 5.92 Å². The number of rotatable bonds is 4. The van der Waals surface area contributed by atoms with E-state index in [1.165, 1.54) is 25.7 Å². The molecule has 0 aromatic heterocycles. The minimum Gasteiger partial charge on any atom is -0.314 e. The van der Waals surface area contributed by atoms with Crippen molar-refractivity contribution in [3.8, 4) is 0 Å². The Morgan fingerprint density at radius 3 is 2.70 bits per heavy atom. The Kier molecular flexibility index (Phi) is 2.94. The highest BCUT2D eigenvalue weighted by Crippen LogP contribution is 2.30. The molecular formula is C9H17N. The van der Waals surface area contributed by atoms with Gasteiger partial charge in [0, 0.05) is 6.04 Å². The minimum atomic E-state index is 0.547. The van der Waals surface area contributed by atoms with Crippen LogP contribution in [0.25, 0.3) is 0 Å². The normalized spacial score (nSPS) is 21.7. The van der Waals surface area contributed by atoms with Crippen LogP contribution in [0.4, 0.5) is 0 Å². The second kappa shape index (κ2) is 3.77. The highest BCUT2D eigenvalue weighted by Gasteiger charge is 2.19. The van der Waals surface area contributed by atoms with Crippen molar-refractivity contribution in [2.24, 2.45) is 5.92 Å². The number of nitrogens with one attached hydrogen (secondary N) is 1. The van der Waals surface area contributed by atoms with Gasteiger partial charge in [0.1, 0.15) is 0 Å². The third-order valence-corrected chi connectivity index (χ3v) is 2.47. The van der Waals surface area contributed by atoms with E-state index in [-0.39, 0.29) is 0 Å². The van der Waals surface area contributed by atoms with Crippen LogP contribution in [-0.2, 0) is 0 Å². The van der Waals surface area contributed by atoms with Crippen LogP contribution in [-0.4, -0.2) is 13.1 Å². The zero-order valence-electron chi connectivity index (χ0n) is 6.77. The first kappa shape index (κ1) is 7.80. The van der Waals surface area contributed by atoms with Crippen molar-refractivity contribution in [2.75, 3.05) is 7.05 Å². The van der Waals surface area contributed by atoms with Crippen molar-refractivity contribution in [2.45, 2.75) is 31.7 Å². The summed E-state index contributed by atoms with van der Waals surface area (Å²) in [5.74, 6) is 0.982. The molecule has 0 bridgehead atoms. The van der Waals surface area contributed by atoms with E-state index in [1.807, 2.05) is 13.1 Å². The average molecular weight is 139 g/mol. The second-order valence-corrected chi connectivity index (χ2v) is 3.16. The topological polar surface area (TPSA) is 12.0 Å². The summed E-state index contributed by atoms with van der Waals surface area (Å²) in [6.45, 7) is 3.78. The predicted octanol–water partition coefficient (Wildman–Crippen LogP) is 1.95. The van der Waals surface area contributed by atoms with Crippen molar-refractivity contribution in [3.63, 3.8) is 0 Å². The Bertz CT molecular complexity index is 105. The molecule has 0 aromatic carbocycles. The Labute approximate surface area is 63.5 Å². The molecule has 1 heteroatoms. The second-order valence-electron chi connectivity index (χ2n) is 3.16. The van der Waals surface area contributed by atoms with Crippen LogP contribution in [0.3, 0.4) is 0 Å². The van der Waals surface area contributed by atoms with Gasteiger partial charge in [-0.05, 0) is 19.4 Å². The van der Waals surface area contributed by atoms with Gasteiger partial charge in [0.05, 0.1) is 0 Å². The van der Waals surface area contributed by atoms with Gasteiger partial charge in [-0.15, -0.1) is 6.58 Å². The first-order chi connectivity index (χ1) is 4.86. The molecule has 10 heavy (non-hydrogen) atoms. The predicted molar refractivity (Wildman–Crippen MR) is 45.0 cm³/mol. The molecule has 1 atom stereocenters. The van der Waals surface area contributed by atoms with E-state index >= 15 is 0 Å². The summed E-state index contributed by atoms with van der Waals surface area (Å²) >= 11 is 0. The molecule has 0 amide bonds. The van der Waals surface area contributed by atoms with Gasteiger partial charge in [-0.2, -0.15) is 0 Å². The van der Waals surface area contributed by atoms with Crippen molar-refractivity contribution in [3.05, 3.63) is 12.7 Å². The Morgan fingerprint density at radius 2 is 2.40 bits per heavy atom. The monoisotopic (exact) mass is 139 g/mol. The first-order valence-electron chi connectivity index (χ1n) is 4.16. The van der Waals surface area contributed by atoms with Crippen LogP contribution in [0.2, 0.25) is 0 Å². The Morgan fingerprint density at radius 1 is 1.70 bits per heavy atom. The summed E-state index contributed by atoms with van der Waals surface area (Å²) in [6.07, 6.45) is 7.62. The maximum Gasteiger partial charge on any atom is 0.0247 e. The zero-order valence-corrected chi connectivity index (χ0v) is 6.77. The molecule has 1 aliphatic carbocycles.